The first-order valence-corrected chi connectivity index (χ1v) is 11.8. The van der Waals surface area contributed by atoms with Crippen LogP contribution in [0.25, 0.3) is 22.1 Å². The van der Waals surface area contributed by atoms with Gasteiger partial charge in [0.2, 0.25) is 0 Å². The lowest BCUT2D eigenvalue weighted by molar-refractivity contribution is 0.373. The van der Waals surface area contributed by atoms with Crippen molar-refractivity contribution in [3.05, 3.63) is 53.0 Å². The van der Waals surface area contributed by atoms with Crippen LogP contribution in [0.3, 0.4) is 0 Å². The third-order valence-corrected chi connectivity index (χ3v) is 6.72. The molecule has 0 aliphatic heterocycles. The molecule has 172 valence electrons. The fraction of sp³-hybridized carbons (Fsp3) is 0.136. The molecule has 0 radical (unpaired) electrons. The molecule has 0 fully saturated rings. The number of benzene rings is 3. The van der Waals surface area contributed by atoms with Crippen LogP contribution in [-0.4, -0.2) is 40.0 Å². The molecule has 0 unspecified atom stereocenters. The van der Waals surface area contributed by atoms with Crippen LogP contribution >= 0.6 is 15.9 Å². The zero-order valence-electron chi connectivity index (χ0n) is 17.7. The van der Waals surface area contributed by atoms with Crippen molar-refractivity contribution in [3.8, 4) is 34.1 Å². The van der Waals surface area contributed by atoms with Gasteiger partial charge in [0.15, 0.2) is 16.3 Å². The van der Waals surface area contributed by atoms with Crippen molar-refractivity contribution < 1.29 is 32.3 Å². The largest absolute Gasteiger partial charge is 0.508 e. The van der Waals surface area contributed by atoms with Gasteiger partial charge in [-0.05, 0) is 53.6 Å². The summed E-state index contributed by atoms with van der Waals surface area (Å²) >= 11 is 3.35. The maximum atomic E-state index is 13.2. The highest BCUT2D eigenvalue weighted by molar-refractivity contribution is 9.10. The number of rotatable bonds is 7. The summed E-state index contributed by atoms with van der Waals surface area (Å²) in [4.78, 5) is -0.175. The van der Waals surface area contributed by atoms with Crippen molar-refractivity contribution in [1.82, 2.24) is 5.16 Å². The SMILES string of the molecule is COc1cccc(OC)c1S(=O)(=O)Nc1noc2cc(-c3cc(O)cc(Br)c3)cc(OC)c12. The number of hydrogen-bond acceptors (Lipinski definition) is 8. The molecule has 0 atom stereocenters. The van der Waals surface area contributed by atoms with E-state index >= 15 is 0 Å². The Bertz CT molecular complexity index is 1410. The summed E-state index contributed by atoms with van der Waals surface area (Å²) in [5.74, 6) is 0.568. The first kappa shape index (κ1) is 22.7. The van der Waals surface area contributed by atoms with E-state index < -0.39 is 10.0 Å². The van der Waals surface area contributed by atoms with Gasteiger partial charge < -0.3 is 23.8 Å². The van der Waals surface area contributed by atoms with Crippen molar-refractivity contribution in [2.75, 3.05) is 26.1 Å². The number of ether oxygens (including phenoxy) is 3. The molecule has 1 aromatic heterocycles. The molecule has 1 heterocycles. The van der Waals surface area contributed by atoms with E-state index in [4.69, 9.17) is 18.7 Å². The Labute approximate surface area is 198 Å². The van der Waals surface area contributed by atoms with Gasteiger partial charge in [-0.2, -0.15) is 0 Å². The number of phenols is 1. The van der Waals surface area contributed by atoms with Crippen molar-refractivity contribution >= 4 is 42.7 Å². The summed E-state index contributed by atoms with van der Waals surface area (Å²) in [6.07, 6.45) is 0. The smallest absolute Gasteiger partial charge is 0.270 e. The second-order valence-electron chi connectivity index (χ2n) is 6.88. The average Bonchev–Trinajstić information content (AvgIpc) is 3.19. The maximum absolute atomic E-state index is 13.2. The fourth-order valence-corrected chi connectivity index (χ4v) is 5.24. The molecule has 0 saturated carbocycles. The number of nitrogens with one attached hydrogen (secondary N) is 1. The first-order valence-electron chi connectivity index (χ1n) is 9.48. The number of aromatic hydroxyl groups is 1. The predicted molar refractivity (Wildman–Crippen MR) is 126 cm³/mol. The molecule has 3 aromatic carbocycles. The molecule has 0 bridgehead atoms. The topological polar surface area (TPSA) is 120 Å². The lowest BCUT2D eigenvalue weighted by Crippen LogP contribution is -2.15. The number of hydrogen-bond donors (Lipinski definition) is 2. The van der Waals surface area contributed by atoms with Gasteiger partial charge in [-0.15, -0.1) is 0 Å². The molecule has 4 aromatic rings. The highest BCUT2D eigenvalue weighted by Gasteiger charge is 2.28. The molecular weight excluding hydrogens is 516 g/mol. The molecule has 4 rings (SSSR count). The maximum Gasteiger partial charge on any atom is 0.270 e. The minimum atomic E-state index is -4.18. The molecule has 0 spiro atoms. The van der Waals surface area contributed by atoms with E-state index in [1.54, 1.807) is 30.3 Å². The third kappa shape index (κ3) is 4.29. The van der Waals surface area contributed by atoms with Gasteiger partial charge in [0, 0.05) is 4.47 Å². The van der Waals surface area contributed by atoms with Crippen LogP contribution < -0.4 is 18.9 Å². The summed E-state index contributed by atoms with van der Waals surface area (Å²) in [5, 5.41) is 14.2. The van der Waals surface area contributed by atoms with Crippen LogP contribution in [0.5, 0.6) is 23.0 Å². The molecule has 33 heavy (non-hydrogen) atoms. The van der Waals surface area contributed by atoms with Crippen LogP contribution in [0.4, 0.5) is 5.82 Å². The fourth-order valence-electron chi connectivity index (χ4n) is 3.43. The Balaban J connectivity index is 1.82. The number of halogens is 1. The van der Waals surface area contributed by atoms with Crippen molar-refractivity contribution in [1.29, 1.82) is 0 Å². The van der Waals surface area contributed by atoms with E-state index in [0.29, 0.717) is 26.7 Å². The van der Waals surface area contributed by atoms with Gasteiger partial charge in [-0.1, -0.05) is 27.2 Å². The Morgan fingerprint density at radius 1 is 0.939 bits per heavy atom. The lowest BCUT2D eigenvalue weighted by Gasteiger charge is -2.14. The molecule has 0 aliphatic rings. The summed E-state index contributed by atoms with van der Waals surface area (Å²) in [6, 6.07) is 13.0. The summed E-state index contributed by atoms with van der Waals surface area (Å²) < 4.78 is 51.0. The summed E-state index contributed by atoms with van der Waals surface area (Å²) in [6.45, 7) is 0. The van der Waals surface area contributed by atoms with Crippen LogP contribution in [0, 0.1) is 0 Å². The number of phenolic OH excluding ortho intramolecular Hbond substituents is 1. The predicted octanol–water partition coefficient (Wildman–Crippen LogP) is 4.79. The molecule has 0 amide bonds. The molecule has 0 aliphatic carbocycles. The third-order valence-electron chi connectivity index (χ3n) is 4.86. The van der Waals surface area contributed by atoms with Crippen molar-refractivity contribution in [3.63, 3.8) is 0 Å². The molecule has 2 N–H and O–H groups in total. The number of fused-ring (bicyclic) bond motifs is 1. The van der Waals surface area contributed by atoms with Gasteiger partial charge in [0.1, 0.15) is 28.4 Å². The van der Waals surface area contributed by atoms with E-state index in [-0.39, 0.29) is 33.5 Å². The second kappa shape index (κ2) is 8.83. The Kier molecular flexibility index (Phi) is 6.09. The van der Waals surface area contributed by atoms with Crippen LogP contribution in [0.1, 0.15) is 0 Å². The normalized spacial score (nSPS) is 11.4. The molecular formula is C22H19BrN2O7S. The van der Waals surface area contributed by atoms with E-state index in [1.165, 1.54) is 33.5 Å². The van der Waals surface area contributed by atoms with Crippen molar-refractivity contribution in [2.45, 2.75) is 4.90 Å². The molecule has 9 nitrogen and oxygen atoms in total. The highest BCUT2D eigenvalue weighted by atomic mass is 79.9. The Morgan fingerprint density at radius 2 is 1.58 bits per heavy atom. The monoisotopic (exact) mass is 534 g/mol. The number of nitrogens with zero attached hydrogens (tertiary/aromatic N) is 1. The quantitative estimate of drug-likeness (QED) is 0.347. The van der Waals surface area contributed by atoms with Crippen LogP contribution in [0.2, 0.25) is 0 Å². The molecule has 11 heteroatoms. The van der Waals surface area contributed by atoms with Crippen LogP contribution in [-0.2, 0) is 10.0 Å². The number of sulfonamides is 1. The zero-order chi connectivity index (χ0) is 23.8. The van der Waals surface area contributed by atoms with Crippen molar-refractivity contribution in [2.24, 2.45) is 0 Å². The van der Waals surface area contributed by atoms with Crippen LogP contribution in [0.15, 0.2) is 62.4 Å². The summed E-state index contributed by atoms with van der Waals surface area (Å²) in [7, 11) is 0.00317. The second-order valence-corrected chi connectivity index (χ2v) is 9.41. The minimum Gasteiger partial charge on any atom is -0.508 e. The zero-order valence-corrected chi connectivity index (χ0v) is 20.2. The van der Waals surface area contributed by atoms with Gasteiger partial charge >= 0.3 is 0 Å². The standard InChI is InChI=1S/C22H19BrN2O7S/c1-29-16-5-4-6-17(30-2)21(16)33(27,28)25-22-20-18(31-3)9-13(10-19(20)32-24-22)12-7-14(23)11-15(26)8-12/h4-11,26H,1-3H3,(H,24,25). The number of anilines is 1. The Morgan fingerprint density at radius 3 is 2.18 bits per heavy atom. The summed E-state index contributed by atoms with van der Waals surface area (Å²) in [5.41, 5.74) is 1.65. The molecule has 0 saturated heterocycles. The van der Waals surface area contributed by atoms with Gasteiger partial charge in [-0.3, -0.25) is 4.72 Å². The number of aromatic nitrogens is 1. The minimum absolute atomic E-state index is 0.0570. The average molecular weight is 535 g/mol. The van der Waals surface area contributed by atoms with E-state index in [9.17, 15) is 13.5 Å². The first-order chi connectivity index (χ1) is 15.8. The number of methoxy groups -OCH3 is 3. The highest BCUT2D eigenvalue weighted by Crippen LogP contribution is 2.40. The Hall–Kier alpha value is -3.44. The van der Waals surface area contributed by atoms with Gasteiger partial charge in [0.25, 0.3) is 10.0 Å². The van der Waals surface area contributed by atoms with E-state index in [1.807, 2.05) is 6.07 Å². The van der Waals surface area contributed by atoms with Gasteiger partial charge in [0.05, 0.1) is 21.3 Å². The van der Waals surface area contributed by atoms with E-state index in [0.717, 1.165) is 0 Å². The van der Waals surface area contributed by atoms with Gasteiger partial charge in [-0.25, -0.2) is 8.42 Å². The lowest BCUT2D eigenvalue weighted by atomic mass is 10.0. The van der Waals surface area contributed by atoms with E-state index in [2.05, 4.69) is 25.8 Å².